The summed E-state index contributed by atoms with van der Waals surface area (Å²) in [5.74, 6) is -0.0626. The van der Waals surface area contributed by atoms with Crippen LogP contribution in [-0.4, -0.2) is 36.2 Å². The van der Waals surface area contributed by atoms with Crippen molar-refractivity contribution in [3.8, 4) is 0 Å². The number of para-hydroxylation sites is 1. The molecule has 0 unspecified atom stereocenters. The van der Waals surface area contributed by atoms with Gasteiger partial charge in [-0.3, -0.25) is 4.79 Å². The minimum atomic E-state index is -0.670. The maximum Gasteiger partial charge on any atom is 0.251 e. The minimum Gasteiger partial charge on any atom is -0.390 e. The number of aliphatic hydroxyl groups is 1. The van der Waals surface area contributed by atoms with E-state index in [0.29, 0.717) is 18.5 Å². The highest BCUT2D eigenvalue weighted by Crippen LogP contribution is 2.15. The number of nitrogens with zero attached hydrogens (tertiary/aromatic N) is 1. The van der Waals surface area contributed by atoms with Crippen LogP contribution in [0.4, 0.5) is 5.69 Å². The fourth-order valence-electron chi connectivity index (χ4n) is 2.67. The monoisotopic (exact) mass is 354 g/mol. The third kappa shape index (κ3) is 6.19. The first kappa shape index (κ1) is 20.0. The molecule has 26 heavy (non-hydrogen) atoms. The van der Waals surface area contributed by atoms with Crippen molar-refractivity contribution in [3.63, 3.8) is 0 Å². The molecule has 140 valence electrons. The molecule has 0 heterocycles. The van der Waals surface area contributed by atoms with E-state index in [1.54, 1.807) is 0 Å². The van der Waals surface area contributed by atoms with Crippen molar-refractivity contribution in [1.29, 1.82) is 0 Å². The van der Waals surface area contributed by atoms with Gasteiger partial charge < -0.3 is 15.3 Å². The number of hydrogen-bond donors (Lipinski definition) is 2. The Balaban J connectivity index is 1.85. The number of carbonyl (C=O) groups excluding carboxylic acids is 1. The van der Waals surface area contributed by atoms with E-state index in [0.717, 1.165) is 17.7 Å². The summed E-state index contributed by atoms with van der Waals surface area (Å²) in [6.07, 6.45) is 1.49. The van der Waals surface area contributed by atoms with E-state index in [-0.39, 0.29) is 11.9 Å². The fourth-order valence-corrected chi connectivity index (χ4v) is 2.67. The van der Waals surface area contributed by atoms with E-state index in [1.165, 1.54) is 0 Å². The van der Waals surface area contributed by atoms with Crippen LogP contribution >= 0.6 is 0 Å². The van der Waals surface area contributed by atoms with Gasteiger partial charge in [-0.25, -0.2) is 0 Å². The van der Waals surface area contributed by atoms with Gasteiger partial charge in [-0.1, -0.05) is 30.3 Å². The van der Waals surface area contributed by atoms with Crippen LogP contribution in [0.25, 0.3) is 0 Å². The first-order valence-electron chi connectivity index (χ1n) is 9.14. The summed E-state index contributed by atoms with van der Waals surface area (Å²) in [4.78, 5) is 14.5. The first-order chi connectivity index (χ1) is 12.3. The maximum absolute atomic E-state index is 12.4. The summed E-state index contributed by atoms with van der Waals surface area (Å²) < 4.78 is 0. The van der Waals surface area contributed by atoms with Gasteiger partial charge in [0, 0.05) is 30.9 Å². The van der Waals surface area contributed by atoms with Gasteiger partial charge in [0.25, 0.3) is 5.91 Å². The smallest absolute Gasteiger partial charge is 0.251 e. The van der Waals surface area contributed by atoms with Crippen molar-refractivity contribution in [2.24, 2.45) is 0 Å². The molecule has 2 rings (SSSR count). The fraction of sp³-hybridized carbons (Fsp3) is 0.409. The van der Waals surface area contributed by atoms with Gasteiger partial charge in [0.1, 0.15) is 0 Å². The molecule has 0 radical (unpaired) electrons. The van der Waals surface area contributed by atoms with Crippen LogP contribution < -0.4 is 10.2 Å². The average Bonchev–Trinajstić information content (AvgIpc) is 2.64. The van der Waals surface area contributed by atoms with E-state index in [9.17, 15) is 9.90 Å². The summed E-state index contributed by atoms with van der Waals surface area (Å²) in [5.41, 5.74) is 2.24. The van der Waals surface area contributed by atoms with Crippen LogP contribution in [0.15, 0.2) is 54.6 Å². The Morgan fingerprint density at radius 3 is 2.31 bits per heavy atom. The highest BCUT2D eigenvalue weighted by atomic mass is 16.3. The molecule has 1 amide bonds. The molecule has 0 aliphatic rings. The molecule has 0 spiro atoms. The zero-order valence-corrected chi connectivity index (χ0v) is 16.2. The van der Waals surface area contributed by atoms with Crippen LogP contribution in [0.5, 0.6) is 0 Å². The van der Waals surface area contributed by atoms with Crippen molar-refractivity contribution in [2.75, 3.05) is 18.5 Å². The zero-order valence-electron chi connectivity index (χ0n) is 16.2. The standard InChI is InChI=1S/C22H30N2O2/c1-17(24(4)20-8-6-5-7-9-20)16-23-21(25)19-12-10-18(11-13-19)14-15-22(2,3)26/h5-13,17,26H,14-16H2,1-4H3,(H,23,25)/t17-/m1/s1. The van der Waals surface area contributed by atoms with E-state index in [4.69, 9.17) is 0 Å². The minimum absolute atomic E-state index is 0.0626. The van der Waals surface area contributed by atoms with E-state index in [1.807, 2.05) is 63.4 Å². The normalized spacial score (nSPS) is 12.5. The predicted molar refractivity (Wildman–Crippen MR) is 108 cm³/mol. The number of aryl methyl sites for hydroxylation is 1. The number of anilines is 1. The van der Waals surface area contributed by atoms with Gasteiger partial charge >= 0.3 is 0 Å². The number of hydrogen-bond acceptors (Lipinski definition) is 3. The number of carbonyl (C=O) groups is 1. The van der Waals surface area contributed by atoms with Crippen LogP contribution in [0.3, 0.4) is 0 Å². The van der Waals surface area contributed by atoms with Gasteiger partial charge in [0.15, 0.2) is 0 Å². The van der Waals surface area contributed by atoms with E-state index < -0.39 is 5.60 Å². The van der Waals surface area contributed by atoms with Gasteiger partial charge in [0.05, 0.1) is 5.60 Å². The van der Waals surface area contributed by atoms with Crippen molar-refractivity contribution in [3.05, 3.63) is 65.7 Å². The van der Waals surface area contributed by atoms with Crippen LogP contribution in [0, 0.1) is 0 Å². The molecule has 0 aliphatic carbocycles. The molecular weight excluding hydrogens is 324 g/mol. The summed E-state index contributed by atoms with van der Waals surface area (Å²) in [7, 11) is 2.03. The van der Waals surface area contributed by atoms with Gasteiger partial charge in [-0.2, -0.15) is 0 Å². The largest absolute Gasteiger partial charge is 0.390 e. The van der Waals surface area contributed by atoms with Crippen LogP contribution in [0.2, 0.25) is 0 Å². The molecular formula is C22H30N2O2. The molecule has 0 aliphatic heterocycles. The quantitative estimate of drug-likeness (QED) is 0.761. The molecule has 4 heteroatoms. The van der Waals surface area contributed by atoms with Crippen molar-refractivity contribution in [2.45, 2.75) is 45.3 Å². The molecule has 0 saturated carbocycles. The Bertz CT molecular complexity index is 690. The summed E-state index contributed by atoms with van der Waals surface area (Å²) in [6.45, 7) is 6.28. The van der Waals surface area contributed by atoms with Gasteiger partial charge in [-0.05, 0) is 63.4 Å². The summed E-state index contributed by atoms with van der Waals surface area (Å²) in [6, 6.07) is 17.9. The molecule has 2 aromatic carbocycles. The topological polar surface area (TPSA) is 52.6 Å². The molecule has 0 aromatic heterocycles. The molecule has 0 saturated heterocycles. The third-order valence-corrected chi connectivity index (χ3v) is 4.62. The van der Waals surface area contributed by atoms with Crippen LogP contribution in [-0.2, 0) is 6.42 Å². The Hall–Kier alpha value is -2.33. The average molecular weight is 354 g/mol. The van der Waals surface area contributed by atoms with Crippen LogP contribution in [0.1, 0.15) is 43.1 Å². The van der Waals surface area contributed by atoms with E-state index >= 15 is 0 Å². The Morgan fingerprint density at radius 2 is 1.73 bits per heavy atom. The lowest BCUT2D eigenvalue weighted by atomic mass is 9.98. The number of likely N-dealkylation sites (N-methyl/N-ethyl adjacent to an activating group) is 1. The number of nitrogens with one attached hydrogen (secondary N) is 1. The summed E-state index contributed by atoms with van der Waals surface area (Å²) in [5, 5.41) is 12.8. The second-order valence-corrected chi connectivity index (χ2v) is 7.51. The highest BCUT2D eigenvalue weighted by Gasteiger charge is 2.14. The molecule has 0 bridgehead atoms. The number of benzene rings is 2. The predicted octanol–water partition coefficient (Wildman–Crippen LogP) is 3.64. The Kier molecular flexibility index (Phi) is 6.81. The highest BCUT2D eigenvalue weighted by molar-refractivity contribution is 5.94. The van der Waals surface area contributed by atoms with Gasteiger partial charge in [0.2, 0.25) is 0 Å². The molecule has 0 fully saturated rings. The molecule has 1 atom stereocenters. The lowest BCUT2D eigenvalue weighted by Crippen LogP contribution is -2.40. The maximum atomic E-state index is 12.4. The molecule has 2 aromatic rings. The second kappa shape index (κ2) is 8.86. The number of amides is 1. The zero-order chi connectivity index (χ0) is 19.2. The second-order valence-electron chi connectivity index (χ2n) is 7.51. The van der Waals surface area contributed by atoms with Crippen molar-refractivity contribution < 1.29 is 9.90 Å². The first-order valence-corrected chi connectivity index (χ1v) is 9.14. The lowest BCUT2D eigenvalue weighted by Gasteiger charge is -2.27. The third-order valence-electron chi connectivity index (χ3n) is 4.62. The van der Waals surface area contributed by atoms with E-state index in [2.05, 4.69) is 29.3 Å². The molecule has 2 N–H and O–H groups in total. The Labute approximate surface area is 156 Å². The van der Waals surface area contributed by atoms with Crippen molar-refractivity contribution in [1.82, 2.24) is 5.32 Å². The van der Waals surface area contributed by atoms with Gasteiger partial charge in [-0.15, -0.1) is 0 Å². The summed E-state index contributed by atoms with van der Waals surface area (Å²) >= 11 is 0. The lowest BCUT2D eigenvalue weighted by molar-refractivity contribution is 0.0713. The van der Waals surface area contributed by atoms with Crippen molar-refractivity contribution >= 4 is 11.6 Å². The SMILES string of the molecule is C[C@H](CNC(=O)c1ccc(CCC(C)(C)O)cc1)N(C)c1ccccc1. The molecule has 4 nitrogen and oxygen atoms in total. The Morgan fingerprint density at radius 1 is 1.12 bits per heavy atom. The number of rotatable bonds is 8.